The van der Waals surface area contributed by atoms with E-state index in [2.05, 4.69) is 19.1 Å². The van der Waals surface area contributed by atoms with Crippen molar-refractivity contribution < 1.29 is 37.6 Å². The van der Waals surface area contributed by atoms with Gasteiger partial charge in [0.05, 0.1) is 34.4 Å². The van der Waals surface area contributed by atoms with Crippen molar-refractivity contribution in [2.45, 2.75) is 103 Å². The molecule has 208 valence electrons. The quantitative estimate of drug-likeness (QED) is 0.0617. The summed E-state index contributed by atoms with van der Waals surface area (Å²) in [7, 11) is 1.23. The van der Waals surface area contributed by atoms with Gasteiger partial charge in [-0.3, -0.25) is 9.36 Å². The van der Waals surface area contributed by atoms with Crippen LogP contribution in [0.25, 0.3) is 0 Å². The molecule has 0 heterocycles. The number of likely N-dealkylation sites (N-methyl/N-ethyl adjacent to an activating group) is 1. The molecule has 8 nitrogen and oxygen atoms in total. The highest BCUT2D eigenvalue weighted by molar-refractivity contribution is 7.45. The Morgan fingerprint density at radius 1 is 0.914 bits per heavy atom. The predicted molar refractivity (Wildman–Crippen MR) is 139 cm³/mol. The monoisotopic (exact) mass is 521 g/mol. The molecule has 0 radical (unpaired) electrons. The zero-order valence-electron chi connectivity index (χ0n) is 22.8. The Morgan fingerprint density at radius 3 is 2.00 bits per heavy atom. The van der Waals surface area contributed by atoms with E-state index in [-0.39, 0.29) is 13.0 Å². The van der Waals surface area contributed by atoms with E-state index in [1.165, 1.54) is 44.9 Å². The normalized spacial score (nSPS) is 14.8. The van der Waals surface area contributed by atoms with Crippen LogP contribution in [0.2, 0.25) is 0 Å². The molecule has 0 saturated carbocycles. The molecule has 0 amide bonds. The minimum absolute atomic E-state index is 0.0106. The van der Waals surface area contributed by atoms with E-state index < -0.39 is 33.1 Å². The number of aliphatic hydroxyl groups is 1. The summed E-state index contributed by atoms with van der Waals surface area (Å²) < 4.78 is 27.0. The number of rotatable bonds is 24. The maximum absolute atomic E-state index is 12.0. The van der Waals surface area contributed by atoms with Crippen LogP contribution in [0.5, 0.6) is 0 Å². The van der Waals surface area contributed by atoms with E-state index in [9.17, 15) is 19.4 Å². The van der Waals surface area contributed by atoms with Crippen molar-refractivity contribution in [2.24, 2.45) is 0 Å². The number of carbonyl (C=O) groups is 1. The van der Waals surface area contributed by atoms with Gasteiger partial charge in [-0.2, -0.15) is 0 Å². The number of aliphatic hydroxyl groups excluding tert-OH is 1. The number of phosphoric ester groups is 1. The van der Waals surface area contributed by atoms with Crippen molar-refractivity contribution in [2.75, 3.05) is 47.5 Å². The van der Waals surface area contributed by atoms with Crippen LogP contribution in [0, 0.1) is 0 Å². The van der Waals surface area contributed by atoms with Crippen molar-refractivity contribution >= 4 is 13.8 Å². The first kappa shape index (κ1) is 34.2. The molecule has 0 aromatic rings. The van der Waals surface area contributed by atoms with Crippen LogP contribution in [0.4, 0.5) is 0 Å². The van der Waals surface area contributed by atoms with Crippen LogP contribution in [0.15, 0.2) is 12.2 Å². The average Bonchev–Trinajstić information content (AvgIpc) is 2.78. The summed E-state index contributed by atoms with van der Waals surface area (Å²) in [5.41, 5.74) is 0. The number of carbonyl (C=O) groups excluding carboxylic acids is 1. The van der Waals surface area contributed by atoms with E-state index in [4.69, 9.17) is 13.8 Å². The zero-order chi connectivity index (χ0) is 26.4. The van der Waals surface area contributed by atoms with Gasteiger partial charge < -0.3 is 28.3 Å². The first-order valence-electron chi connectivity index (χ1n) is 13.5. The number of quaternary nitrogens is 1. The highest BCUT2D eigenvalue weighted by Crippen LogP contribution is 2.38. The second kappa shape index (κ2) is 21.3. The highest BCUT2D eigenvalue weighted by atomic mass is 31.2. The van der Waals surface area contributed by atoms with Gasteiger partial charge in [-0.05, 0) is 32.1 Å². The van der Waals surface area contributed by atoms with Gasteiger partial charge in [-0.1, -0.05) is 70.4 Å². The lowest BCUT2D eigenvalue weighted by Gasteiger charge is -2.28. The SMILES string of the molecule is CCCCCCCCC=CCCCCCCCC(=O)OC(CO)COP(=O)([O-])OCC[N+](C)(C)C. The van der Waals surface area contributed by atoms with Crippen LogP contribution in [-0.2, 0) is 23.1 Å². The summed E-state index contributed by atoms with van der Waals surface area (Å²) in [6.45, 7) is 1.75. The second-order valence-corrected chi connectivity index (χ2v) is 11.6. The number of hydrogen-bond acceptors (Lipinski definition) is 7. The van der Waals surface area contributed by atoms with E-state index >= 15 is 0 Å². The number of nitrogens with zero attached hydrogens (tertiary/aromatic N) is 1. The molecular weight excluding hydrogens is 469 g/mol. The standard InChI is InChI=1S/C26H52NO7P/c1-5-6-7-8-9-10-11-12-13-14-15-16-17-18-19-20-26(29)34-25(23-28)24-33-35(30,31)32-22-21-27(2,3)4/h12-13,25,28H,5-11,14-24H2,1-4H3. The molecule has 1 N–H and O–H groups in total. The maximum atomic E-state index is 12.0. The number of unbranched alkanes of at least 4 members (excludes halogenated alkanes) is 11. The third-order valence-electron chi connectivity index (χ3n) is 5.57. The number of ether oxygens (including phenoxy) is 1. The molecular formula is C26H52NO7P. The summed E-state index contributed by atoms with van der Waals surface area (Å²) in [6, 6.07) is 0. The van der Waals surface area contributed by atoms with Crippen molar-refractivity contribution in [3.8, 4) is 0 Å². The van der Waals surface area contributed by atoms with Crippen molar-refractivity contribution in [3.05, 3.63) is 12.2 Å². The Labute approximate surface area is 214 Å². The molecule has 0 aliphatic rings. The first-order valence-corrected chi connectivity index (χ1v) is 14.9. The minimum atomic E-state index is -4.51. The summed E-state index contributed by atoms with van der Waals surface area (Å²) in [5.74, 6) is -0.461. The fraction of sp³-hybridized carbons (Fsp3) is 0.885. The van der Waals surface area contributed by atoms with Gasteiger partial charge >= 0.3 is 5.97 Å². The smallest absolute Gasteiger partial charge is 0.306 e. The van der Waals surface area contributed by atoms with Crippen LogP contribution < -0.4 is 4.89 Å². The number of allylic oxidation sites excluding steroid dienone is 2. The fourth-order valence-electron chi connectivity index (χ4n) is 3.35. The van der Waals surface area contributed by atoms with E-state index in [1.807, 2.05) is 21.1 Å². The van der Waals surface area contributed by atoms with Crippen LogP contribution in [0.1, 0.15) is 96.8 Å². The number of phosphoric acid groups is 1. The minimum Gasteiger partial charge on any atom is -0.756 e. The first-order chi connectivity index (χ1) is 16.6. The van der Waals surface area contributed by atoms with Crippen molar-refractivity contribution in [1.29, 1.82) is 0 Å². The molecule has 0 rings (SSSR count). The molecule has 2 unspecified atom stereocenters. The lowest BCUT2D eigenvalue weighted by molar-refractivity contribution is -0.870. The predicted octanol–water partition coefficient (Wildman–Crippen LogP) is 5.14. The van der Waals surface area contributed by atoms with Gasteiger partial charge in [0.2, 0.25) is 0 Å². The van der Waals surface area contributed by atoms with E-state index in [1.54, 1.807) is 0 Å². The van der Waals surface area contributed by atoms with Crippen LogP contribution in [0.3, 0.4) is 0 Å². The Morgan fingerprint density at radius 2 is 1.46 bits per heavy atom. The molecule has 0 bridgehead atoms. The van der Waals surface area contributed by atoms with Gasteiger partial charge in [0.1, 0.15) is 19.3 Å². The Kier molecular flexibility index (Phi) is 20.9. The average molecular weight is 522 g/mol. The number of hydrogen-bond donors (Lipinski definition) is 1. The zero-order valence-corrected chi connectivity index (χ0v) is 23.6. The summed E-state index contributed by atoms with van der Waals surface area (Å²) >= 11 is 0. The molecule has 0 spiro atoms. The molecule has 9 heteroatoms. The Bertz CT molecular complexity index is 593. The summed E-state index contributed by atoms with van der Waals surface area (Å²) in [4.78, 5) is 23.8. The lowest BCUT2D eigenvalue weighted by Crippen LogP contribution is -2.37. The molecule has 0 aromatic heterocycles. The van der Waals surface area contributed by atoms with Gasteiger partial charge in [-0.25, -0.2) is 0 Å². The molecule has 0 aliphatic heterocycles. The lowest BCUT2D eigenvalue weighted by atomic mass is 10.1. The maximum Gasteiger partial charge on any atom is 0.306 e. The fourth-order valence-corrected chi connectivity index (χ4v) is 4.08. The Hall–Kier alpha value is -0.760. The van der Waals surface area contributed by atoms with Gasteiger partial charge in [-0.15, -0.1) is 0 Å². The Balaban J connectivity index is 3.75. The molecule has 0 aliphatic carbocycles. The molecule has 2 atom stereocenters. The van der Waals surface area contributed by atoms with E-state index in [0.717, 1.165) is 32.1 Å². The largest absolute Gasteiger partial charge is 0.756 e. The van der Waals surface area contributed by atoms with Gasteiger partial charge in [0.15, 0.2) is 0 Å². The van der Waals surface area contributed by atoms with Crippen molar-refractivity contribution in [3.63, 3.8) is 0 Å². The summed E-state index contributed by atoms with van der Waals surface area (Å²) in [6.07, 6.45) is 19.1. The second-order valence-electron chi connectivity index (χ2n) is 10.2. The number of esters is 1. The molecule has 0 aromatic carbocycles. The molecule has 35 heavy (non-hydrogen) atoms. The van der Waals surface area contributed by atoms with Gasteiger partial charge in [0.25, 0.3) is 7.82 Å². The highest BCUT2D eigenvalue weighted by Gasteiger charge is 2.19. The molecule has 0 saturated heterocycles. The van der Waals surface area contributed by atoms with Gasteiger partial charge in [0, 0.05) is 6.42 Å². The molecule has 0 fully saturated rings. The van der Waals surface area contributed by atoms with E-state index in [0.29, 0.717) is 17.4 Å². The topological polar surface area (TPSA) is 105 Å². The third kappa shape index (κ3) is 24.7. The van der Waals surface area contributed by atoms with Crippen LogP contribution >= 0.6 is 7.82 Å². The summed E-state index contributed by atoms with van der Waals surface area (Å²) in [5, 5.41) is 9.36. The third-order valence-corrected chi connectivity index (χ3v) is 6.54. The van der Waals surface area contributed by atoms with Crippen LogP contribution in [-0.4, -0.2) is 69.2 Å². The van der Waals surface area contributed by atoms with Crippen molar-refractivity contribution in [1.82, 2.24) is 0 Å².